The molecule has 1 aromatic heterocycles. The van der Waals surface area contributed by atoms with Gasteiger partial charge in [0.1, 0.15) is 17.5 Å². The third-order valence-corrected chi connectivity index (χ3v) is 5.66. The summed E-state index contributed by atoms with van der Waals surface area (Å²) in [5.74, 6) is 2.66. The summed E-state index contributed by atoms with van der Waals surface area (Å²) in [5.41, 5.74) is 2.56. The molecule has 0 spiro atoms. The summed E-state index contributed by atoms with van der Waals surface area (Å²) in [6, 6.07) is 14.6. The van der Waals surface area contributed by atoms with Gasteiger partial charge in [0, 0.05) is 48.4 Å². The van der Waals surface area contributed by atoms with Crippen molar-refractivity contribution >= 4 is 11.7 Å². The first-order valence-electron chi connectivity index (χ1n) is 10.0. The molecule has 1 atom stereocenters. The minimum absolute atomic E-state index is 0.190. The minimum Gasteiger partial charge on any atom is -0.497 e. The Hall–Kier alpha value is -3.81. The van der Waals surface area contributed by atoms with E-state index in [9.17, 15) is 4.79 Å². The molecule has 0 bridgehead atoms. The monoisotopic (exact) mass is 421 g/mol. The Morgan fingerprint density at radius 2 is 1.90 bits per heavy atom. The fourth-order valence-electron chi connectivity index (χ4n) is 4.14. The molecule has 31 heavy (non-hydrogen) atoms. The number of urea groups is 1. The number of hydrogen-bond acceptors (Lipinski definition) is 5. The van der Waals surface area contributed by atoms with Gasteiger partial charge < -0.3 is 33.7 Å². The topological polar surface area (TPSA) is 74.2 Å². The molecule has 8 heteroatoms. The quantitative estimate of drug-likeness (QED) is 0.692. The molecule has 3 aromatic rings. The standard InChI is InChI=1S/C23H23N3O5/c1-28-16-6-7-17(20(13-16)29-2)22-18-4-3-9-25(18)10-11-26(22)23(27)24-15-5-8-19-21(12-15)31-14-30-19/h3-9,12-13,22H,10-11,14H2,1-2H3,(H,24,27). The van der Waals surface area contributed by atoms with Crippen molar-refractivity contribution in [3.63, 3.8) is 0 Å². The molecule has 2 amide bonds. The van der Waals surface area contributed by atoms with Gasteiger partial charge in [0.05, 0.1) is 14.2 Å². The number of anilines is 1. The van der Waals surface area contributed by atoms with Crippen LogP contribution in [0.1, 0.15) is 17.3 Å². The number of amides is 2. The van der Waals surface area contributed by atoms with Crippen LogP contribution < -0.4 is 24.3 Å². The molecule has 3 heterocycles. The van der Waals surface area contributed by atoms with Crippen LogP contribution in [0.5, 0.6) is 23.0 Å². The lowest BCUT2D eigenvalue weighted by Crippen LogP contribution is -2.44. The van der Waals surface area contributed by atoms with Crippen LogP contribution in [-0.2, 0) is 6.54 Å². The highest BCUT2D eigenvalue weighted by Gasteiger charge is 2.34. The number of nitrogens with one attached hydrogen (secondary N) is 1. The largest absolute Gasteiger partial charge is 0.497 e. The molecule has 0 aliphatic carbocycles. The van der Waals surface area contributed by atoms with Crippen molar-refractivity contribution in [1.82, 2.24) is 9.47 Å². The number of hydrogen-bond donors (Lipinski definition) is 1. The van der Waals surface area contributed by atoms with E-state index in [-0.39, 0.29) is 18.9 Å². The number of carbonyl (C=O) groups excluding carboxylic acids is 1. The van der Waals surface area contributed by atoms with E-state index in [0.29, 0.717) is 41.8 Å². The van der Waals surface area contributed by atoms with E-state index >= 15 is 0 Å². The maximum Gasteiger partial charge on any atom is 0.322 e. The fourth-order valence-corrected chi connectivity index (χ4v) is 4.14. The molecule has 2 aliphatic rings. The molecule has 160 valence electrons. The van der Waals surface area contributed by atoms with E-state index in [1.54, 1.807) is 32.4 Å². The molecule has 2 aliphatic heterocycles. The zero-order valence-corrected chi connectivity index (χ0v) is 17.3. The van der Waals surface area contributed by atoms with Crippen molar-refractivity contribution in [2.45, 2.75) is 12.6 Å². The number of aromatic nitrogens is 1. The molecular weight excluding hydrogens is 398 g/mol. The van der Waals surface area contributed by atoms with Gasteiger partial charge in [0.2, 0.25) is 6.79 Å². The summed E-state index contributed by atoms with van der Waals surface area (Å²) in [6.07, 6.45) is 2.03. The molecule has 0 radical (unpaired) electrons. The van der Waals surface area contributed by atoms with Gasteiger partial charge in [0.25, 0.3) is 0 Å². The van der Waals surface area contributed by atoms with Gasteiger partial charge in [-0.25, -0.2) is 4.79 Å². The first-order valence-corrected chi connectivity index (χ1v) is 10.0. The van der Waals surface area contributed by atoms with Crippen molar-refractivity contribution in [1.29, 1.82) is 0 Å². The fraction of sp³-hybridized carbons (Fsp3) is 0.261. The Morgan fingerprint density at radius 1 is 1.03 bits per heavy atom. The first kappa shape index (κ1) is 19.2. The molecule has 1 N–H and O–H groups in total. The highest BCUT2D eigenvalue weighted by Crippen LogP contribution is 2.40. The van der Waals surface area contributed by atoms with Gasteiger partial charge in [0.15, 0.2) is 11.5 Å². The highest BCUT2D eigenvalue weighted by atomic mass is 16.7. The smallest absolute Gasteiger partial charge is 0.322 e. The molecule has 0 fully saturated rings. The zero-order valence-electron chi connectivity index (χ0n) is 17.3. The van der Waals surface area contributed by atoms with Crippen LogP contribution >= 0.6 is 0 Å². The zero-order chi connectivity index (χ0) is 21.4. The van der Waals surface area contributed by atoms with E-state index in [1.165, 1.54) is 0 Å². The van der Waals surface area contributed by atoms with Gasteiger partial charge in [-0.15, -0.1) is 0 Å². The molecule has 1 unspecified atom stereocenters. The van der Waals surface area contributed by atoms with E-state index in [4.69, 9.17) is 18.9 Å². The van der Waals surface area contributed by atoms with Crippen molar-refractivity contribution in [3.8, 4) is 23.0 Å². The molecule has 2 aromatic carbocycles. The maximum atomic E-state index is 13.4. The second-order valence-electron chi connectivity index (χ2n) is 7.33. The summed E-state index contributed by atoms with van der Waals surface area (Å²) in [5, 5.41) is 3.00. The Morgan fingerprint density at radius 3 is 2.74 bits per heavy atom. The van der Waals surface area contributed by atoms with Crippen molar-refractivity contribution < 1.29 is 23.7 Å². The average molecular weight is 421 g/mol. The second-order valence-corrected chi connectivity index (χ2v) is 7.33. The van der Waals surface area contributed by atoms with E-state index in [1.807, 2.05) is 41.4 Å². The predicted molar refractivity (Wildman–Crippen MR) is 114 cm³/mol. The van der Waals surface area contributed by atoms with Gasteiger partial charge in [-0.1, -0.05) is 0 Å². The van der Waals surface area contributed by atoms with E-state index in [2.05, 4.69) is 9.88 Å². The summed E-state index contributed by atoms with van der Waals surface area (Å²) >= 11 is 0. The van der Waals surface area contributed by atoms with Gasteiger partial charge in [-0.2, -0.15) is 0 Å². The summed E-state index contributed by atoms with van der Waals surface area (Å²) < 4.78 is 23.9. The number of methoxy groups -OCH3 is 2. The van der Waals surface area contributed by atoms with Crippen molar-refractivity contribution in [2.24, 2.45) is 0 Å². The molecule has 0 saturated heterocycles. The second kappa shape index (κ2) is 7.79. The number of ether oxygens (including phenoxy) is 4. The molecule has 5 rings (SSSR count). The summed E-state index contributed by atoms with van der Waals surface area (Å²) in [7, 11) is 3.24. The maximum absolute atomic E-state index is 13.4. The Balaban J connectivity index is 1.49. The van der Waals surface area contributed by atoms with Gasteiger partial charge in [-0.3, -0.25) is 0 Å². The Labute approximate surface area is 179 Å². The minimum atomic E-state index is -0.307. The van der Waals surface area contributed by atoms with Crippen molar-refractivity contribution in [3.05, 3.63) is 66.0 Å². The molecular formula is C23H23N3O5. The Kier molecular flexibility index (Phi) is 4.82. The van der Waals surface area contributed by atoms with Crippen LogP contribution in [0.25, 0.3) is 0 Å². The number of fused-ring (bicyclic) bond motifs is 2. The lowest BCUT2D eigenvalue weighted by molar-refractivity contribution is 0.174. The van der Waals surface area contributed by atoms with E-state index in [0.717, 1.165) is 11.3 Å². The normalized spacial score (nSPS) is 16.6. The predicted octanol–water partition coefficient (Wildman–Crippen LogP) is 3.87. The lowest BCUT2D eigenvalue weighted by atomic mass is 9.99. The Bertz CT molecular complexity index is 1130. The number of carbonyl (C=O) groups is 1. The van der Waals surface area contributed by atoms with Crippen molar-refractivity contribution in [2.75, 3.05) is 32.9 Å². The number of rotatable bonds is 4. The number of benzene rings is 2. The average Bonchev–Trinajstić information content (AvgIpc) is 3.46. The summed E-state index contributed by atoms with van der Waals surface area (Å²) in [6.45, 7) is 1.46. The van der Waals surface area contributed by atoms with Crippen LogP contribution in [0.2, 0.25) is 0 Å². The highest BCUT2D eigenvalue weighted by molar-refractivity contribution is 5.90. The van der Waals surface area contributed by atoms with Crippen LogP contribution in [0, 0.1) is 0 Å². The SMILES string of the molecule is COc1ccc(C2c3cccn3CCN2C(=O)Nc2ccc3c(c2)OCO3)c(OC)c1. The third-order valence-electron chi connectivity index (χ3n) is 5.66. The molecule has 0 saturated carbocycles. The van der Waals surface area contributed by atoms with Crippen LogP contribution in [0.3, 0.4) is 0 Å². The summed E-state index contributed by atoms with van der Waals surface area (Å²) in [4.78, 5) is 15.2. The van der Waals surface area contributed by atoms with Gasteiger partial charge >= 0.3 is 6.03 Å². The van der Waals surface area contributed by atoms with Crippen LogP contribution in [0.4, 0.5) is 10.5 Å². The molecule has 8 nitrogen and oxygen atoms in total. The first-order chi connectivity index (χ1) is 15.2. The third kappa shape index (κ3) is 3.39. The lowest BCUT2D eigenvalue weighted by Gasteiger charge is -2.37. The van der Waals surface area contributed by atoms with E-state index < -0.39 is 0 Å². The van der Waals surface area contributed by atoms with Crippen LogP contribution in [-0.4, -0.2) is 43.1 Å². The number of nitrogens with zero attached hydrogens (tertiary/aromatic N) is 2. The van der Waals surface area contributed by atoms with Crippen LogP contribution in [0.15, 0.2) is 54.7 Å². The van der Waals surface area contributed by atoms with Gasteiger partial charge in [-0.05, 0) is 36.4 Å².